The van der Waals surface area contributed by atoms with E-state index >= 15 is 0 Å². The first-order chi connectivity index (χ1) is 12.7. The van der Waals surface area contributed by atoms with Gasteiger partial charge in [-0.3, -0.25) is 14.9 Å². The third kappa shape index (κ3) is 4.69. The Morgan fingerprint density at radius 3 is 2.44 bits per heavy atom. The molecule has 8 heteroatoms. The van der Waals surface area contributed by atoms with Gasteiger partial charge in [0.2, 0.25) is 0 Å². The molecule has 0 unspecified atom stereocenters. The van der Waals surface area contributed by atoms with Gasteiger partial charge in [0.25, 0.3) is 5.69 Å². The highest BCUT2D eigenvalue weighted by molar-refractivity contribution is 6.09. The van der Waals surface area contributed by atoms with Gasteiger partial charge in [0.05, 0.1) is 12.0 Å². The first kappa shape index (κ1) is 19.6. The molecule has 0 fully saturated rings. The molecular weight excluding hydrogens is 352 g/mol. The van der Waals surface area contributed by atoms with Gasteiger partial charge < -0.3 is 15.2 Å². The Labute approximate surface area is 155 Å². The van der Waals surface area contributed by atoms with Crippen LogP contribution >= 0.6 is 0 Å². The number of aliphatic carboxylic acids is 1. The third-order valence-corrected chi connectivity index (χ3v) is 3.94. The molecule has 0 aromatic heterocycles. The van der Waals surface area contributed by atoms with Crippen LogP contribution in [0.1, 0.15) is 21.5 Å². The number of allylic oxidation sites excluding steroid dienone is 1. The average Bonchev–Trinajstić information content (AvgIpc) is 2.63. The number of carbonyl (C=O) groups is 2. The van der Waals surface area contributed by atoms with Crippen molar-refractivity contribution in [3.8, 4) is 5.75 Å². The number of hydrogen-bond acceptors (Lipinski definition) is 6. The molecule has 0 atom stereocenters. The molecular formula is C19H18N2O6. The Bertz CT molecular complexity index is 949. The summed E-state index contributed by atoms with van der Waals surface area (Å²) < 4.78 is 5.04. The molecule has 0 saturated heterocycles. The lowest BCUT2D eigenvalue weighted by atomic mass is 10.1. The van der Waals surface area contributed by atoms with Crippen molar-refractivity contribution < 1.29 is 24.4 Å². The fraction of sp³-hybridized carbons (Fsp3) is 0.158. The molecule has 0 bridgehead atoms. The van der Waals surface area contributed by atoms with E-state index in [4.69, 9.17) is 4.74 Å². The SMILES string of the molecule is COc1cccc(C(=O)C=C(Nc2cc(C)c(C)cc2[N+](=O)[O-])C(=O)O)c1. The van der Waals surface area contributed by atoms with Crippen molar-refractivity contribution in [1.82, 2.24) is 0 Å². The summed E-state index contributed by atoms with van der Waals surface area (Å²) in [6, 6.07) is 9.05. The lowest BCUT2D eigenvalue weighted by Crippen LogP contribution is -2.14. The molecule has 140 valence electrons. The minimum atomic E-state index is -1.42. The number of methoxy groups -OCH3 is 1. The predicted molar refractivity (Wildman–Crippen MR) is 99.2 cm³/mol. The van der Waals surface area contributed by atoms with Crippen LogP contribution in [0, 0.1) is 24.0 Å². The number of aryl methyl sites for hydroxylation is 2. The second kappa shape index (κ2) is 8.13. The van der Waals surface area contributed by atoms with E-state index in [1.807, 2.05) is 0 Å². The molecule has 2 aromatic carbocycles. The van der Waals surface area contributed by atoms with Crippen molar-refractivity contribution in [1.29, 1.82) is 0 Å². The van der Waals surface area contributed by atoms with E-state index < -0.39 is 22.4 Å². The van der Waals surface area contributed by atoms with Gasteiger partial charge in [-0.1, -0.05) is 12.1 Å². The summed E-state index contributed by atoms with van der Waals surface area (Å²) in [5.41, 5.74) is 0.903. The number of ketones is 1. The number of nitrogens with one attached hydrogen (secondary N) is 1. The molecule has 2 rings (SSSR count). The molecule has 0 radical (unpaired) electrons. The quantitative estimate of drug-likeness (QED) is 0.331. The van der Waals surface area contributed by atoms with E-state index in [2.05, 4.69) is 5.32 Å². The standard InChI is InChI=1S/C19H18N2O6/c1-11-7-15(17(21(25)26)8-12(11)2)20-16(19(23)24)10-18(22)13-5-4-6-14(9-13)27-3/h4-10,20H,1-3H3,(H,23,24). The summed E-state index contributed by atoms with van der Waals surface area (Å²) in [5.74, 6) is -1.55. The number of benzene rings is 2. The summed E-state index contributed by atoms with van der Waals surface area (Å²) in [7, 11) is 1.45. The van der Waals surface area contributed by atoms with Gasteiger partial charge in [-0.25, -0.2) is 4.79 Å². The maximum absolute atomic E-state index is 12.4. The van der Waals surface area contributed by atoms with Gasteiger partial charge in [0.15, 0.2) is 5.78 Å². The second-order valence-corrected chi connectivity index (χ2v) is 5.80. The van der Waals surface area contributed by atoms with Crippen LogP contribution in [0.25, 0.3) is 0 Å². The van der Waals surface area contributed by atoms with E-state index in [0.29, 0.717) is 11.3 Å². The number of hydrogen-bond donors (Lipinski definition) is 2. The number of nitrogens with zero attached hydrogens (tertiary/aromatic N) is 1. The number of ether oxygens (including phenoxy) is 1. The van der Waals surface area contributed by atoms with Crippen LogP contribution in [0.15, 0.2) is 48.2 Å². The number of carbonyl (C=O) groups excluding carboxylic acids is 1. The number of carboxylic acids is 1. The Morgan fingerprint density at radius 2 is 1.85 bits per heavy atom. The van der Waals surface area contributed by atoms with E-state index in [0.717, 1.165) is 11.6 Å². The van der Waals surface area contributed by atoms with Crippen molar-refractivity contribution >= 4 is 23.1 Å². The smallest absolute Gasteiger partial charge is 0.352 e. The van der Waals surface area contributed by atoms with Gasteiger partial charge in [0.1, 0.15) is 17.1 Å². The fourth-order valence-corrected chi connectivity index (χ4v) is 2.34. The van der Waals surface area contributed by atoms with Crippen molar-refractivity contribution in [2.45, 2.75) is 13.8 Å². The van der Waals surface area contributed by atoms with E-state index in [1.54, 1.807) is 26.0 Å². The summed E-state index contributed by atoms with van der Waals surface area (Å²) in [4.78, 5) is 34.6. The van der Waals surface area contributed by atoms with E-state index in [-0.39, 0.29) is 16.9 Å². The zero-order valence-corrected chi connectivity index (χ0v) is 15.0. The number of nitro benzene ring substituents is 1. The lowest BCUT2D eigenvalue weighted by Gasteiger charge is -2.10. The molecule has 0 amide bonds. The van der Waals surface area contributed by atoms with Crippen molar-refractivity contribution in [2.75, 3.05) is 12.4 Å². The summed E-state index contributed by atoms with van der Waals surface area (Å²) in [6.45, 7) is 3.46. The van der Waals surface area contributed by atoms with Gasteiger partial charge in [-0.2, -0.15) is 0 Å². The largest absolute Gasteiger partial charge is 0.497 e. The topological polar surface area (TPSA) is 119 Å². The molecule has 0 aliphatic carbocycles. The molecule has 8 nitrogen and oxygen atoms in total. The Hall–Kier alpha value is -3.68. The Kier molecular flexibility index (Phi) is 5.92. The van der Waals surface area contributed by atoms with Crippen LogP contribution in [0.2, 0.25) is 0 Å². The molecule has 0 heterocycles. The van der Waals surface area contributed by atoms with Crippen molar-refractivity contribution in [3.63, 3.8) is 0 Å². The highest BCUT2D eigenvalue weighted by Crippen LogP contribution is 2.29. The molecule has 27 heavy (non-hydrogen) atoms. The lowest BCUT2D eigenvalue weighted by molar-refractivity contribution is -0.384. The van der Waals surface area contributed by atoms with Crippen molar-refractivity contribution in [2.24, 2.45) is 0 Å². The summed E-state index contributed by atoms with van der Waals surface area (Å²) >= 11 is 0. The fourth-order valence-electron chi connectivity index (χ4n) is 2.34. The Balaban J connectivity index is 2.42. The van der Waals surface area contributed by atoms with Gasteiger partial charge in [-0.15, -0.1) is 0 Å². The normalized spacial score (nSPS) is 11.0. The number of carboxylic acid groups (broad SMARTS) is 1. The van der Waals surface area contributed by atoms with Gasteiger partial charge >= 0.3 is 5.97 Å². The maximum Gasteiger partial charge on any atom is 0.352 e. The Morgan fingerprint density at radius 1 is 1.19 bits per heavy atom. The molecule has 2 N–H and O–H groups in total. The number of rotatable bonds is 7. The summed E-state index contributed by atoms with van der Waals surface area (Å²) in [5, 5.41) is 23.2. The van der Waals surface area contributed by atoms with Crippen LogP contribution in [0.5, 0.6) is 5.75 Å². The van der Waals surface area contributed by atoms with Crippen LogP contribution in [-0.2, 0) is 4.79 Å². The second-order valence-electron chi connectivity index (χ2n) is 5.80. The molecule has 2 aromatic rings. The minimum absolute atomic E-state index is 0.00445. The highest BCUT2D eigenvalue weighted by Gasteiger charge is 2.20. The molecule has 0 aliphatic rings. The summed E-state index contributed by atoms with van der Waals surface area (Å²) in [6.07, 6.45) is 0.885. The molecule has 0 aliphatic heterocycles. The van der Waals surface area contributed by atoms with Crippen LogP contribution in [0.3, 0.4) is 0 Å². The molecule has 0 saturated carbocycles. The maximum atomic E-state index is 12.4. The van der Waals surface area contributed by atoms with E-state index in [1.165, 1.54) is 31.4 Å². The first-order valence-corrected chi connectivity index (χ1v) is 7.89. The zero-order chi connectivity index (χ0) is 20.1. The zero-order valence-electron chi connectivity index (χ0n) is 15.0. The number of anilines is 1. The van der Waals surface area contributed by atoms with Crippen LogP contribution in [-0.4, -0.2) is 28.9 Å². The van der Waals surface area contributed by atoms with Gasteiger partial charge in [0, 0.05) is 17.7 Å². The first-order valence-electron chi connectivity index (χ1n) is 7.89. The van der Waals surface area contributed by atoms with Crippen LogP contribution in [0.4, 0.5) is 11.4 Å². The predicted octanol–water partition coefficient (Wildman–Crippen LogP) is 3.48. The minimum Gasteiger partial charge on any atom is -0.497 e. The van der Waals surface area contributed by atoms with Crippen molar-refractivity contribution in [3.05, 3.63) is 75.0 Å². The third-order valence-electron chi connectivity index (χ3n) is 3.94. The highest BCUT2D eigenvalue weighted by atomic mass is 16.6. The number of nitro groups is 1. The van der Waals surface area contributed by atoms with Crippen LogP contribution < -0.4 is 10.1 Å². The monoisotopic (exact) mass is 370 g/mol. The molecule has 0 spiro atoms. The van der Waals surface area contributed by atoms with Gasteiger partial charge in [-0.05, 0) is 43.2 Å². The average molecular weight is 370 g/mol. The van der Waals surface area contributed by atoms with E-state index in [9.17, 15) is 24.8 Å².